The molecule has 0 saturated carbocycles. The normalized spacial score (nSPS) is 22.0. The Kier molecular flexibility index (Phi) is 6.11. The van der Waals surface area contributed by atoms with Crippen molar-refractivity contribution in [2.75, 3.05) is 25.4 Å². The second-order valence-corrected chi connectivity index (χ2v) is 11.6. The highest BCUT2D eigenvalue weighted by Gasteiger charge is 2.50. The first-order chi connectivity index (χ1) is 18.6. The van der Waals surface area contributed by atoms with Crippen LogP contribution < -0.4 is 11.1 Å². The van der Waals surface area contributed by atoms with Crippen molar-refractivity contribution in [2.45, 2.75) is 57.6 Å². The number of ether oxygens (including phenoxy) is 1. The summed E-state index contributed by atoms with van der Waals surface area (Å²) >= 11 is 0. The molecular weight excluding hydrogens is 494 g/mol. The molecule has 4 heterocycles. The van der Waals surface area contributed by atoms with Gasteiger partial charge in [-0.2, -0.15) is 0 Å². The average molecular weight is 530 g/mol. The summed E-state index contributed by atoms with van der Waals surface area (Å²) in [6.07, 6.45) is 0.915. The van der Waals surface area contributed by atoms with E-state index in [-0.39, 0.29) is 17.8 Å². The van der Waals surface area contributed by atoms with Crippen LogP contribution in [-0.4, -0.2) is 66.2 Å². The van der Waals surface area contributed by atoms with E-state index >= 15 is 0 Å². The molecule has 1 fully saturated rings. The molecule has 5 N–H and O–H groups in total. The van der Waals surface area contributed by atoms with Gasteiger partial charge in [0, 0.05) is 41.4 Å². The Labute approximate surface area is 226 Å². The van der Waals surface area contributed by atoms with E-state index in [1.165, 1.54) is 50.2 Å². The number of aromatic nitrogens is 5. The summed E-state index contributed by atoms with van der Waals surface area (Å²) in [6, 6.07) is 13.4. The van der Waals surface area contributed by atoms with Crippen LogP contribution in [0.5, 0.6) is 0 Å². The summed E-state index contributed by atoms with van der Waals surface area (Å²) in [5.74, 6) is 0.212. The number of nitrogens with zero attached hydrogens (tertiary/aromatic N) is 5. The van der Waals surface area contributed by atoms with E-state index in [0.717, 1.165) is 6.54 Å². The number of nitrogen functional groups attached to an aromatic ring is 1. The number of aliphatic hydroxyl groups is 2. The summed E-state index contributed by atoms with van der Waals surface area (Å²) < 4.78 is 9.62. The second kappa shape index (κ2) is 9.27. The first-order valence-corrected chi connectivity index (χ1v) is 13.3. The van der Waals surface area contributed by atoms with Gasteiger partial charge in [-0.15, -0.1) is 0 Å². The largest absolute Gasteiger partial charge is 0.385 e. The summed E-state index contributed by atoms with van der Waals surface area (Å²) in [5.41, 5.74) is 9.87. The second-order valence-electron chi connectivity index (χ2n) is 11.6. The third-order valence-electron chi connectivity index (χ3n) is 7.86. The molecule has 0 amide bonds. The first-order valence-electron chi connectivity index (χ1n) is 13.3. The highest BCUT2D eigenvalue weighted by Crippen LogP contribution is 2.34. The minimum Gasteiger partial charge on any atom is -0.385 e. The molecule has 39 heavy (non-hydrogen) atoms. The van der Waals surface area contributed by atoms with Crippen LogP contribution in [0.15, 0.2) is 49.1 Å². The number of benzene rings is 2. The number of nitrogens with one attached hydrogen (secondary N) is 1. The standard InChI is InChI=1S/C29H35N7O3/c1-17-5-7-19-20-8-6-18(28(2,3)4)12-22(20)35(21(19)11-17)10-9-31-13-23-25(37)29(38,14-39-23)36-16-34-24-26(30)32-15-33-27(24)36/h5-8,11-12,15-16,23,25,31,37-38H,9-10,13-14H2,1-4H3,(H2,30,32,33). The molecule has 1 aliphatic rings. The van der Waals surface area contributed by atoms with Crippen LogP contribution >= 0.6 is 0 Å². The number of aryl methyl sites for hydroxylation is 1. The van der Waals surface area contributed by atoms with Crippen molar-refractivity contribution in [3.8, 4) is 0 Å². The van der Waals surface area contributed by atoms with Gasteiger partial charge in [0.2, 0.25) is 0 Å². The number of hydrogen-bond donors (Lipinski definition) is 4. The number of aliphatic hydroxyl groups excluding tert-OH is 1. The molecule has 1 saturated heterocycles. The van der Waals surface area contributed by atoms with Crippen LogP contribution in [0.4, 0.5) is 5.82 Å². The minimum atomic E-state index is -1.71. The SMILES string of the molecule is Cc1ccc2c3ccc(C(C)(C)C)cc3n(CCNCC3OCC(O)(n4cnc5c(N)ncnc54)C3O)c2c1. The Hall–Kier alpha value is -3.57. The lowest BCUT2D eigenvalue weighted by molar-refractivity contribution is -0.107. The zero-order chi connectivity index (χ0) is 27.5. The van der Waals surface area contributed by atoms with E-state index in [1.807, 2.05) is 0 Å². The van der Waals surface area contributed by atoms with Crippen molar-refractivity contribution in [3.05, 3.63) is 60.2 Å². The topological polar surface area (TPSA) is 136 Å². The molecule has 3 atom stereocenters. The number of fused-ring (bicyclic) bond motifs is 4. The number of rotatable bonds is 6. The fourth-order valence-corrected chi connectivity index (χ4v) is 5.57. The smallest absolute Gasteiger partial charge is 0.197 e. The van der Waals surface area contributed by atoms with Crippen LogP contribution in [0.3, 0.4) is 0 Å². The maximum Gasteiger partial charge on any atom is 0.197 e. The summed E-state index contributed by atoms with van der Waals surface area (Å²) in [4.78, 5) is 12.4. The van der Waals surface area contributed by atoms with E-state index in [9.17, 15) is 10.2 Å². The molecule has 5 aromatic rings. The molecule has 2 aromatic carbocycles. The Morgan fingerprint density at radius 1 is 1.10 bits per heavy atom. The quantitative estimate of drug-likeness (QED) is 0.247. The van der Waals surface area contributed by atoms with E-state index in [4.69, 9.17) is 10.5 Å². The zero-order valence-electron chi connectivity index (χ0n) is 22.7. The summed E-state index contributed by atoms with van der Waals surface area (Å²) in [7, 11) is 0. The molecule has 0 spiro atoms. The predicted octanol–water partition coefficient (Wildman–Crippen LogP) is 2.82. The molecule has 0 bridgehead atoms. The molecular formula is C29H35N7O3. The molecule has 3 aromatic heterocycles. The Morgan fingerprint density at radius 2 is 1.85 bits per heavy atom. The van der Waals surface area contributed by atoms with E-state index < -0.39 is 17.9 Å². The lowest BCUT2D eigenvalue weighted by Gasteiger charge is -2.28. The van der Waals surface area contributed by atoms with Gasteiger partial charge in [-0.25, -0.2) is 15.0 Å². The lowest BCUT2D eigenvalue weighted by atomic mass is 9.86. The van der Waals surface area contributed by atoms with E-state index in [1.54, 1.807) is 0 Å². The number of hydrogen-bond acceptors (Lipinski definition) is 8. The lowest BCUT2D eigenvalue weighted by Crippen LogP contribution is -2.48. The van der Waals surface area contributed by atoms with Gasteiger partial charge in [-0.05, 0) is 35.6 Å². The summed E-state index contributed by atoms with van der Waals surface area (Å²) in [6.45, 7) is 10.5. The van der Waals surface area contributed by atoms with Crippen LogP contribution in [-0.2, 0) is 22.4 Å². The zero-order valence-corrected chi connectivity index (χ0v) is 22.7. The molecule has 3 unspecified atom stereocenters. The molecule has 10 heteroatoms. The monoisotopic (exact) mass is 529 g/mol. The Bertz CT molecular complexity index is 1690. The third-order valence-corrected chi connectivity index (χ3v) is 7.86. The van der Waals surface area contributed by atoms with Crippen molar-refractivity contribution < 1.29 is 14.9 Å². The van der Waals surface area contributed by atoms with Gasteiger partial charge in [0.25, 0.3) is 0 Å². The maximum absolute atomic E-state index is 11.4. The average Bonchev–Trinajstić information content (AvgIpc) is 3.55. The van der Waals surface area contributed by atoms with Gasteiger partial charge in [0.1, 0.15) is 24.1 Å². The van der Waals surface area contributed by atoms with E-state index in [2.05, 4.69) is 88.9 Å². The Balaban J connectivity index is 1.20. The van der Waals surface area contributed by atoms with E-state index in [0.29, 0.717) is 24.3 Å². The van der Waals surface area contributed by atoms with Gasteiger partial charge in [-0.1, -0.05) is 45.0 Å². The van der Waals surface area contributed by atoms with Crippen molar-refractivity contribution in [1.82, 2.24) is 29.4 Å². The fraction of sp³-hybridized carbons (Fsp3) is 0.414. The predicted molar refractivity (Wildman–Crippen MR) is 151 cm³/mol. The number of imidazole rings is 1. The first kappa shape index (κ1) is 25.7. The maximum atomic E-state index is 11.4. The number of anilines is 1. The highest BCUT2D eigenvalue weighted by molar-refractivity contribution is 6.08. The van der Waals surface area contributed by atoms with Crippen LogP contribution in [0.2, 0.25) is 0 Å². The van der Waals surface area contributed by atoms with Crippen molar-refractivity contribution in [3.63, 3.8) is 0 Å². The highest BCUT2D eigenvalue weighted by atomic mass is 16.5. The Morgan fingerprint density at radius 3 is 2.62 bits per heavy atom. The van der Waals surface area contributed by atoms with Crippen molar-refractivity contribution in [2.24, 2.45) is 0 Å². The van der Waals surface area contributed by atoms with Gasteiger partial charge >= 0.3 is 0 Å². The number of nitrogens with two attached hydrogens (primary N) is 1. The molecule has 6 rings (SSSR count). The molecule has 204 valence electrons. The van der Waals surface area contributed by atoms with Crippen LogP contribution in [0.25, 0.3) is 33.0 Å². The molecule has 0 radical (unpaired) electrons. The van der Waals surface area contributed by atoms with Crippen LogP contribution in [0, 0.1) is 6.92 Å². The third kappa shape index (κ3) is 4.24. The van der Waals surface area contributed by atoms with Gasteiger partial charge in [0.15, 0.2) is 17.2 Å². The van der Waals surface area contributed by atoms with Crippen molar-refractivity contribution in [1.29, 1.82) is 0 Å². The van der Waals surface area contributed by atoms with Gasteiger partial charge in [-0.3, -0.25) is 4.57 Å². The fourth-order valence-electron chi connectivity index (χ4n) is 5.57. The molecule has 10 nitrogen and oxygen atoms in total. The summed E-state index contributed by atoms with van der Waals surface area (Å²) in [5, 5.41) is 28.3. The van der Waals surface area contributed by atoms with Gasteiger partial charge in [0.05, 0.1) is 12.9 Å². The molecule has 0 aliphatic carbocycles. The minimum absolute atomic E-state index is 0.0503. The van der Waals surface area contributed by atoms with Gasteiger partial charge < -0.3 is 30.6 Å². The van der Waals surface area contributed by atoms with Crippen molar-refractivity contribution >= 4 is 38.8 Å². The molecule has 1 aliphatic heterocycles. The van der Waals surface area contributed by atoms with Crippen LogP contribution in [0.1, 0.15) is 31.9 Å².